The van der Waals surface area contributed by atoms with Crippen LogP contribution in [0.4, 0.5) is 5.69 Å². The summed E-state index contributed by atoms with van der Waals surface area (Å²) < 4.78 is 1.62. The van der Waals surface area contributed by atoms with Gasteiger partial charge in [-0.2, -0.15) is 0 Å². The highest BCUT2D eigenvalue weighted by Crippen LogP contribution is 2.35. The molecule has 1 aliphatic rings. The molecule has 0 spiro atoms. The maximum absolute atomic E-state index is 11.9. The number of halogens is 1. The standard InChI is InChI=1S/C13H13ClN4O2S/c14-8-2-1-3-9(6-8)15-11(19)7-21-13-17-16-12(20)18(13)10-4-5-10/h1-3,6,10H,4-5,7H2,(H,15,19)(H,16,20). The number of benzene rings is 1. The van der Waals surface area contributed by atoms with Gasteiger partial charge in [0.1, 0.15) is 0 Å². The van der Waals surface area contributed by atoms with Crippen LogP contribution in [-0.2, 0) is 4.79 Å². The van der Waals surface area contributed by atoms with Crippen molar-refractivity contribution >= 4 is 35.0 Å². The Kier molecular flexibility index (Phi) is 4.03. The summed E-state index contributed by atoms with van der Waals surface area (Å²) in [7, 11) is 0. The third-order valence-electron chi connectivity index (χ3n) is 3.02. The summed E-state index contributed by atoms with van der Waals surface area (Å²) in [6.45, 7) is 0. The minimum absolute atomic E-state index is 0.167. The molecule has 0 atom stereocenters. The predicted octanol–water partition coefficient (Wildman–Crippen LogP) is 2.29. The maximum Gasteiger partial charge on any atom is 0.344 e. The summed E-state index contributed by atoms with van der Waals surface area (Å²) in [5, 5.41) is 10.3. The summed E-state index contributed by atoms with van der Waals surface area (Å²) >= 11 is 7.10. The van der Waals surface area contributed by atoms with Gasteiger partial charge in [-0.1, -0.05) is 29.4 Å². The van der Waals surface area contributed by atoms with Gasteiger partial charge in [-0.05, 0) is 31.0 Å². The Morgan fingerprint density at radius 3 is 3.05 bits per heavy atom. The summed E-state index contributed by atoms with van der Waals surface area (Å²) in [6.07, 6.45) is 1.98. The van der Waals surface area contributed by atoms with Crippen LogP contribution in [0.25, 0.3) is 0 Å². The van der Waals surface area contributed by atoms with Crippen molar-refractivity contribution in [2.24, 2.45) is 0 Å². The van der Waals surface area contributed by atoms with Crippen molar-refractivity contribution in [2.45, 2.75) is 24.0 Å². The lowest BCUT2D eigenvalue weighted by molar-refractivity contribution is -0.113. The van der Waals surface area contributed by atoms with Gasteiger partial charge >= 0.3 is 5.69 Å². The van der Waals surface area contributed by atoms with Crippen LogP contribution in [0.3, 0.4) is 0 Å². The molecular weight excluding hydrogens is 312 g/mol. The molecule has 8 heteroatoms. The molecule has 2 aromatic rings. The first-order chi connectivity index (χ1) is 10.1. The molecule has 1 aromatic carbocycles. The topological polar surface area (TPSA) is 79.8 Å². The normalized spacial score (nSPS) is 14.1. The SMILES string of the molecule is O=C(CSc1n[nH]c(=O)n1C1CC1)Nc1cccc(Cl)c1. The van der Waals surface area contributed by atoms with Gasteiger partial charge in [-0.3, -0.25) is 9.36 Å². The molecule has 1 aliphatic carbocycles. The number of hydrogen-bond donors (Lipinski definition) is 2. The molecular formula is C13H13ClN4O2S. The Balaban J connectivity index is 1.60. The lowest BCUT2D eigenvalue weighted by Crippen LogP contribution is -2.17. The van der Waals surface area contributed by atoms with Crippen LogP contribution in [0.5, 0.6) is 0 Å². The first-order valence-corrected chi connectivity index (χ1v) is 7.85. The molecule has 0 bridgehead atoms. The monoisotopic (exact) mass is 324 g/mol. The van der Waals surface area contributed by atoms with Crippen LogP contribution in [0.15, 0.2) is 34.2 Å². The number of nitrogens with one attached hydrogen (secondary N) is 2. The van der Waals surface area contributed by atoms with Crippen molar-refractivity contribution in [1.29, 1.82) is 0 Å². The van der Waals surface area contributed by atoms with Crippen LogP contribution < -0.4 is 11.0 Å². The maximum atomic E-state index is 11.9. The quantitative estimate of drug-likeness (QED) is 0.827. The number of rotatable bonds is 5. The minimum Gasteiger partial charge on any atom is -0.325 e. The van der Waals surface area contributed by atoms with Crippen LogP contribution in [0.2, 0.25) is 5.02 Å². The van der Waals surface area contributed by atoms with Gasteiger partial charge < -0.3 is 5.32 Å². The van der Waals surface area contributed by atoms with E-state index in [2.05, 4.69) is 15.5 Å². The van der Waals surface area contributed by atoms with E-state index < -0.39 is 0 Å². The summed E-state index contributed by atoms with van der Waals surface area (Å²) in [5.74, 6) is 0.0174. The average Bonchev–Trinajstić information content (AvgIpc) is 3.20. The molecule has 1 heterocycles. The van der Waals surface area contributed by atoms with E-state index in [1.807, 2.05) is 0 Å². The minimum atomic E-state index is -0.213. The largest absolute Gasteiger partial charge is 0.344 e. The van der Waals surface area contributed by atoms with E-state index in [4.69, 9.17) is 11.6 Å². The van der Waals surface area contributed by atoms with Crippen molar-refractivity contribution in [3.8, 4) is 0 Å². The smallest absolute Gasteiger partial charge is 0.325 e. The number of carbonyl (C=O) groups is 1. The third kappa shape index (κ3) is 3.48. The van der Waals surface area contributed by atoms with Crippen molar-refractivity contribution in [2.75, 3.05) is 11.1 Å². The fraction of sp³-hybridized carbons (Fsp3) is 0.308. The molecule has 6 nitrogen and oxygen atoms in total. The number of hydrogen-bond acceptors (Lipinski definition) is 4. The number of anilines is 1. The number of aromatic nitrogens is 3. The third-order valence-corrected chi connectivity index (χ3v) is 4.21. The number of aromatic amines is 1. The molecule has 1 saturated carbocycles. The Labute approximate surface area is 129 Å². The molecule has 1 fully saturated rings. The van der Waals surface area contributed by atoms with E-state index in [1.165, 1.54) is 11.8 Å². The highest BCUT2D eigenvalue weighted by Gasteiger charge is 2.28. The van der Waals surface area contributed by atoms with Crippen LogP contribution >= 0.6 is 23.4 Å². The Bertz CT molecular complexity index is 723. The average molecular weight is 325 g/mol. The van der Waals surface area contributed by atoms with E-state index in [0.29, 0.717) is 15.9 Å². The molecule has 1 amide bonds. The van der Waals surface area contributed by atoms with Crippen LogP contribution in [-0.4, -0.2) is 26.4 Å². The Morgan fingerprint density at radius 2 is 2.33 bits per heavy atom. The molecule has 1 aromatic heterocycles. The summed E-state index contributed by atoms with van der Waals surface area (Å²) in [5.41, 5.74) is 0.435. The second kappa shape index (κ2) is 5.95. The van der Waals surface area contributed by atoms with E-state index in [0.717, 1.165) is 12.8 Å². The van der Waals surface area contributed by atoms with E-state index >= 15 is 0 Å². The van der Waals surface area contributed by atoms with Gasteiger partial charge in [0.05, 0.1) is 5.75 Å². The lowest BCUT2D eigenvalue weighted by atomic mass is 10.3. The van der Waals surface area contributed by atoms with E-state index in [1.54, 1.807) is 28.8 Å². The highest BCUT2D eigenvalue weighted by atomic mass is 35.5. The fourth-order valence-electron chi connectivity index (χ4n) is 1.94. The zero-order chi connectivity index (χ0) is 14.8. The summed E-state index contributed by atoms with van der Waals surface area (Å²) in [4.78, 5) is 23.5. The number of nitrogens with zero attached hydrogens (tertiary/aromatic N) is 2. The van der Waals surface area contributed by atoms with Gasteiger partial charge in [0.25, 0.3) is 0 Å². The van der Waals surface area contributed by atoms with Crippen LogP contribution in [0.1, 0.15) is 18.9 Å². The second-order valence-corrected chi connectivity index (χ2v) is 6.14. The summed E-state index contributed by atoms with van der Waals surface area (Å²) in [6, 6.07) is 7.19. The molecule has 0 unspecified atom stereocenters. The Hall–Kier alpha value is -1.73. The van der Waals surface area contributed by atoms with Crippen molar-refractivity contribution in [1.82, 2.24) is 14.8 Å². The van der Waals surface area contributed by atoms with Gasteiger partial charge in [0.2, 0.25) is 5.91 Å². The molecule has 0 saturated heterocycles. The zero-order valence-electron chi connectivity index (χ0n) is 11.0. The number of thioether (sulfide) groups is 1. The molecule has 3 rings (SSSR count). The lowest BCUT2D eigenvalue weighted by Gasteiger charge is -2.06. The highest BCUT2D eigenvalue weighted by molar-refractivity contribution is 7.99. The van der Waals surface area contributed by atoms with Crippen molar-refractivity contribution in [3.05, 3.63) is 39.8 Å². The predicted molar refractivity (Wildman–Crippen MR) is 81.9 cm³/mol. The van der Waals surface area contributed by atoms with Gasteiger partial charge in [-0.25, -0.2) is 9.89 Å². The molecule has 110 valence electrons. The molecule has 0 radical (unpaired) electrons. The first kappa shape index (κ1) is 14.2. The van der Waals surface area contributed by atoms with Crippen molar-refractivity contribution < 1.29 is 4.79 Å². The van der Waals surface area contributed by atoms with Gasteiger partial charge in [0.15, 0.2) is 5.16 Å². The van der Waals surface area contributed by atoms with Crippen molar-refractivity contribution in [3.63, 3.8) is 0 Å². The van der Waals surface area contributed by atoms with E-state index in [-0.39, 0.29) is 23.4 Å². The first-order valence-electron chi connectivity index (χ1n) is 6.48. The van der Waals surface area contributed by atoms with Gasteiger partial charge in [0, 0.05) is 16.8 Å². The zero-order valence-corrected chi connectivity index (χ0v) is 12.6. The fourth-order valence-corrected chi connectivity index (χ4v) is 2.94. The number of carbonyl (C=O) groups excluding carboxylic acids is 1. The van der Waals surface area contributed by atoms with E-state index in [9.17, 15) is 9.59 Å². The molecule has 21 heavy (non-hydrogen) atoms. The second-order valence-electron chi connectivity index (χ2n) is 4.76. The number of H-pyrrole nitrogens is 1. The number of amides is 1. The van der Waals surface area contributed by atoms with Crippen LogP contribution in [0, 0.1) is 0 Å². The molecule has 0 aliphatic heterocycles. The Morgan fingerprint density at radius 1 is 1.52 bits per heavy atom. The molecule has 2 N–H and O–H groups in total. The van der Waals surface area contributed by atoms with Gasteiger partial charge in [-0.15, -0.1) is 5.10 Å².